The van der Waals surface area contributed by atoms with Crippen molar-refractivity contribution in [2.75, 3.05) is 13.7 Å². The summed E-state index contributed by atoms with van der Waals surface area (Å²) in [6.07, 6.45) is -0.184. The molecule has 120 valence electrons. The minimum Gasteiger partial charge on any atom is -0.508 e. The molecule has 0 fully saturated rings. The molecule has 3 rings (SSSR count). The lowest BCUT2D eigenvalue weighted by Crippen LogP contribution is -2.31. The van der Waals surface area contributed by atoms with Crippen LogP contribution in [0, 0.1) is 0 Å². The molecule has 0 aromatic heterocycles. The van der Waals surface area contributed by atoms with Gasteiger partial charge in [0.1, 0.15) is 35.7 Å². The number of methoxy groups -OCH3 is 1. The highest BCUT2D eigenvalue weighted by Crippen LogP contribution is 2.36. The van der Waals surface area contributed by atoms with Crippen molar-refractivity contribution in [3.8, 4) is 23.0 Å². The lowest BCUT2D eigenvalue weighted by molar-refractivity contribution is 0.0128. The summed E-state index contributed by atoms with van der Waals surface area (Å²) in [6.45, 7) is 0.164. The Hall–Kier alpha value is -2.89. The second-order valence-corrected chi connectivity index (χ2v) is 5.21. The third-order valence-electron chi connectivity index (χ3n) is 3.63. The molecule has 0 amide bonds. The van der Waals surface area contributed by atoms with Gasteiger partial charge >= 0.3 is 5.97 Å². The number of phenolic OH excluding ortho intramolecular Hbond substituents is 2. The van der Waals surface area contributed by atoms with Crippen molar-refractivity contribution in [2.24, 2.45) is 0 Å². The monoisotopic (exact) mass is 316 g/mol. The van der Waals surface area contributed by atoms with Gasteiger partial charge in [-0.05, 0) is 24.3 Å². The number of carbonyl (C=O) groups excluding carboxylic acids is 1. The SMILES string of the molecule is COc1ccc(C(=O)O[C@@H]2COc3cc(O)cc(O)c3C2)cc1. The van der Waals surface area contributed by atoms with E-state index in [-0.39, 0.29) is 18.1 Å². The number of benzene rings is 2. The van der Waals surface area contributed by atoms with Gasteiger partial charge in [-0.2, -0.15) is 0 Å². The van der Waals surface area contributed by atoms with Crippen molar-refractivity contribution in [1.29, 1.82) is 0 Å². The van der Waals surface area contributed by atoms with E-state index < -0.39 is 12.1 Å². The van der Waals surface area contributed by atoms with Gasteiger partial charge in [-0.25, -0.2) is 4.79 Å². The average molecular weight is 316 g/mol. The minimum atomic E-state index is -0.507. The fourth-order valence-electron chi connectivity index (χ4n) is 2.44. The molecule has 0 saturated carbocycles. The first-order valence-electron chi connectivity index (χ1n) is 7.09. The Balaban J connectivity index is 1.70. The molecule has 0 bridgehead atoms. The van der Waals surface area contributed by atoms with Crippen LogP contribution in [0.5, 0.6) is 23.0 Å². The number of aromatic hydroxyl groups is 2. The molecule has 23 heavy (non-hydrogen) atoms. The Labute approximate surface area is 132 Å². The van der Waals surface area contributed by atoms with Gasteiger partial charge in [0.05, 0.1) is 12.7 Å². The zero-order valence-electron chi connectivity index (χ0n) is 12.5. The van der Waals surface area contributed by atoms with Gasteiger partial charge in [0, 0.05) is 24.1 Å². The van der Waals surface area contributed by atoms with Crippen LogP contribution in [0.15, 0.2) is 36.4 Å². The number of fused-ring (bicyclic) bond motifs is 1. The van der Waals surface area contributed by atoms with Crippen molar-refractivity contribution in [3.63, 3.8) is 0 Å². The minimum absolute atomic E-state index is 0.0741. The van der Waals surface area contributed by atoms with Crippen LogP contribution >= 0.6 is 0 Å². The van der Waals surface area contributed by atoms with E-state index in [0.717, 1.165) is 0 Å². The average Bonchev–Trinajstić information content (AvgIpc) is 2.55. The number of carbonyl (C=O) groups is 1. The summed E-state index contributed by atoms with van der Waals surface area (Å²) in [5.41, 5.74) is 0.924. The summed E-state index contributed by atoms with van der Waals surface area (Å²) in [5, 5.41) is 19.3. The quantitative estimate of drug-likeness (QED) is 0.845. The second-order valence-electron chi connectivity index (χ2n) is 5.21. The summed E-state index contributed by atoms with van der Waals surface area (Å²) in [7, 11) is 1.55. The van der Waals surface area contributed by atoms with E-state index in [9.17, 15) is 15.0 Å². The first kappa shape index (κ1) is 15.0. The number of phenols is 2. The highest BCUT2D eigenvalue weighted by Gasteiger charge is 2.26. The fourth-order valence-corrected chi connectivity index (χ4v) is 2.44. The van der Waals surface area contributed by atoms with Crippen LogP contribution in [0.4, 0.5) is 0 Å². The number of hydrogen-bond donors (Lipinski definition) is 2. The highest BCUT2D eigenvalue weighted by molar-refractivity contribution is 5.89. The maximum absolute atomic E-state index is 12.1. The van der Waals surface area contributed by atoms with E-state index >= 15 is 0 Å². The van der Waals surface area contributed by atoms with Crippen molar-refractivity contribution < 1.29 is 29.2 Å². The second kappa shape index (κ2) is 6.08. The molecule has 1 aliphatic heterocycles. The number of rotatable bonds is 3. The lowest BCUT2D eigenvalue weighted by Gasteiger charge is -2.26. The summed E-state index contributed by atoms with van der Waals surface area (Å²) < 4.78 is 15.9. The Kier molecular flexibility index (Phi) is 3.97. The number of ether oxygens (including phenoxy) is 3. The Bertz CT molecular complexity index is 723. The predicted octanol–water partition coefficient (Wildman–Crippen LogP) is 2.27. The molecule has 0 radical (unpaired) electrons. The zero-order chi connectivity index (χ0) is 16.4. The molecule has 1 heterocycles. The summed E-state index contributed by atoms with van der Waals surface area (Å²) in [6, 6.07) is 9.25. The topological polar surface area (TPSA) is 85.2 Å². The zero-order valence-corrected chi connectivity index (χ0v) is 12.5. The Morgan fingerprint density at radius 3 is 2.65 bits per heavy atom. The molecule has 2 N–H and O–H groups in total. The van der Waals surface area contributed by atoms with Crippen molar-refractivity contribution in [1.82, 2.24) is 0 Å². The third kappa shape index (κ3) is 3.15. The normalized spacial score (nSPS) is 16.1. The molecule has 1 atom stereocenters. The molecule has 6 heteroatoms. The molecular formula is C17H16O6. The van der Waals surface area contributed by atoms with Gasteiger partial charge in [0.2, 0.25) is 0 Å². The molecule has 2 aromatic rings. The number of esters is 1. The van der Waals surface area contributed by atoms with Crippen LogP contribution in [0.3, 0.4) is 0 Å². The molecule has 2 aromatic carbocycles. The van der Waals surface area contributed by atoms with Gasteiger partial charge in [0.15, 0.2) is 0 Å². The summed E-state index contributed by atoms with van der Waals surface area (Å²) in [5.74, 6) is 0.434. The predicted molar refractivity (Wildman–Crippen MR) is 81.2 cm³/mol. The smallest absolute Gasteiger partial charge is 0.338 e. The molecule has 0 aliphatic carbocycles. The Morgan fingerprint density at radius 1 is 1.22 bits per heavy atom. The van der Waals surface area contributed by atoms with Crippen molar-refractivity contribution >= 4 is 5.97 Å². The summed E-state index contributed by atoms with van der Waals surface area (Å²) >= 11 is 0. The van der Waals surface area contributed by atoms with Crippen molar-refractivity contribution in [3.05, 3.63) is 47.5 Å². The maximum Gasteiger partial charge on any atom is 0.338 e. The van der Waals surface area contributed by atoms with Crippen LogP contribution in [0.2, 0.25) is 0 Å². The van der Waals surface area contributed by atoms with Gasteiger partial charge in [-0.15, -0.1) is 0 Å². The summed E-state index contributed by atoms with van der Waals surface area (Å²) in [4.78, 5) is 12.1. The molecule has 0 spiro atoms. The molecule has 6 nitrogen and oxygen atoms in total. The lowest BCUT2D eigenvalue weighted by atomic mass is 10.0. The fraction of sp³-hybridized carbons (Fsp3) is 0.235. The van der Waals surface area contributed by atoms with E-state index in [2.05, 4.69) is 0 Å². The largest absolute Gasteiger partial charge is 0.508 e. The molecule has 1 aliphatic rings. The van der Waals surface area contributed by atoms with Crippen LogP contribution in [-0.4, -0.2) is 36.0 Å². The standard InChI is InChI=1S/C17H16O6/c1-21-12-4-2-10(3-5-12)17(20)23-13-8-14-15(19)6-11(18)7-16(14)22-9-13/h2-7,13,18-19H,8-9H2,1H3/t13-/m0/s1. The van der Waals surface area contributed by atoms with Crippen LogP contribution < -0.4 is 9.47 Å². The van der Waals surface area contributed by atoms with Gasteiger partial charge in [-0.3, -0.25) is 0 Å². The Morgan fingerprint density at radius 2 is 1.96 bits per heavy atom. The van der Waals surface area contributed by atoms with Gasteiger partial charge in [0.25, 0.3) is 0 Å². The van der Waals surface area contributed by atoms with Gasteiger partial charge < -0.3 is 24.4 Å². The third-order valence-corrected chi connectivity index (χ3v) is 3.63. The van der Waals surface area contributed by atoms with E-state index in [1.807, 2.05) is 0 Å². The maximum atomic E-state index is 12.1. The van der Waals surface area contributed by atoms with Crippen LogP contribution in [0.1, 0.15) is 15.9 Å². The molecular weight excluding hydrogens is 300 g/mol. The van der Waals surface area contributed by atoms with Crippen molar-refractivity contribution in [2.45, 2.75) is 12.5 Å². The number of hydrogen-bond acceptors (Lipinski definition) is 6. The molecule has 0 saturated heterocycles. The van der Waals surface area contributed by atoms with Gasteiger partial charge in [-0.1, -0.05) is 0 Å². The van der Waals surface area contributed by atoms with Crippen LogP contribution in [-0.2, 0) is 11.2 Å². The highest BCUT2D eigenvalue weighted by atomic mass is 16.6. The first-order chi connectivity index (χ1) is 11.1. The molecule has 0 unspecified atom stereocenters. The van der Waals surface area contributed by atoms with E-state index in [1.54, 1.807) is 31.4 Å². The van der Waals surface area contributed by atoms with E-state index in [1.165, 1.54) is 12.1 Å². The first-order valence-corrected chi connectivity index (χ1v) is 7.09. The van der Waals surface area contributed by atoms with E-state index in [0.29, 0.717) is 29.0 Å². The van der Waals surface area contributed by atoms with Crippen LogP contribution in [0.25, 0.3) is 0 Å². The van der Waals surface area contributed by atoms with E-state index in [4.69, 9.17) is 14.2 Å².